The third kappa shape index (κ3) is 6.86. The van der Waals surface area contributed by atoms with Gasteiger partial charge in [-0.25, -0.2) is 4.79 Å². The van der Waals surface area contributed by atoms with Crippen molar-refractivity contribution in [3.8, 4) is 0 Å². The number of urea groups is 1. The van der Waals surface area contributed by atoms with Crippen LogP contribution in [0.2, 0.25) is 0 Å². The zero-order valence-electron chi connectivity index (χ0n) is 36.8. The number of Topliss-reactive ketones (excluding diaryl/α,β-unsaturated/α-hetero) is 1. The van der Waals surface area contributed by atoms with Crippen LogP contribution >= 0.6 is 0 Å². The highest BCUT2D eigenvalue weighted by atomic mass is 16.2. The topological polar surface area (TPSA) is 151 Å². The summed E-state index contributed by atoms with van der Waals surface area (Å²) < 4.78 is 122. The first-order chi connectivity index (χ1) is 23.6. The Labute approximate surface area is 247 Å². The summed E-state index contributed by atoms with van der Waals surface area (Å²) >= 11 is 0. The summed E-state index contributed by atoms with van der Waals surface area (Å²) in [6.45, 7) is -14.2. The molecule has 2 aliphatic carbocycles. The van der Waals surface area contributed by atoms with Gasteiger partial charge in [-0.2, -0.15) is 0 Å². The number of nitrogens with two attached hydrogens (primary N) is 1. The van der Waals surface area contributed by atoms with Crippen LogP contribution in [0.3, 0.4) is 0 Å². The number of carbonyl (C=O) groups excluding carboxylic acids is 5. The molecule has 1 saturated heterocycles. The van der Waals surface area contributed by atoms with Crippen LogP contribution in [-0.4, -0.2) is 64.6 Å². The van der Waals surface area contributed by atoms with Gasteiger partial charge in [0.2, 0.25) is 17.6 Å². The van der Waals surface area contributed by atoms with Gasteiger partial charge in [0.15, 0.2) is 0 Å². The van der Waals surface area contributed by atoms with Gasteiger partial charge in [0.25, 0.3) is 5.91 Å². The van der Waals surface area contributed by atoms with E-state index in [9.17, 15) is 24.0 Å². The molecule has 5 atom stereocenters. The van der Waals surface area contributed by atoms with E-state index in [1.807, 2.05) is 0 Å². The predicted molar refractivity (Wildman–Crippen MR) is 144 cm³/mol. The van der Waals surface area contributed by atoms with Crippen LogP contribution in [0, 0.1) is 28.6 Å². The standard InChI is InChI=1S/C28H47N5O5/c1-26(2,3)13-18(31-25(38)32-27(4,5)6)24(37)33-14-16-19(28(16,7)8)20(33)23(36)30-17(21(34)22(29)35)12-15-10-9-11-15/h15-20H,9-14H2,1-8H3,(H2,29,35)(H,30,36)(H2,31,32,38)/t16-,17?,18-,19-,20-/m0/s1/i1D3,2D3,3D3,7D3,8D3. The predicted octanol–water partition coefficient (Wildman–Crippen LogP) is 2.10. The number of nitrogens with zero attached hydrogens (tertiary/aromatic N) is 1. The molecule has 10 heteroatoms. The number of hydrogen-bond acceptors (Lipinski definition) is 5. The maximum Gasteiger partial charge on any atom is 0.315 e. The molecule has 0 aromatic rings. The monoisotopic (exact) mass is 548 g/mol. The lowest BCUT2D eigenvalue weighted by Gasteiger charge is -2.36. The van der Waals surface area contributed by atoms with E-state index in [0.717, 1.165) is 6.42 Å². The van der Waals surface area contributed by atoms with Crippen molar-refractivity contribution in [2.75, 3.05) is 6.54 Å². The third-order valence-corrected chi connectivity index (χ3v) is 7.33. The number of rotatable bonds is 9. The first-order valence-corrected chi connectivity index (χ1v) is 12.6. The Balaban J connectivity index is 2.22. The van der Waals surface area contributed by atoms with Crippen molar-refractivity contribution in [1.82, 2.24) is 20.9 Å². The summed E-state index contributed by atoms with van der Waals surface area (Å²) in [6, 6.07) is -7.10. The number of hydrogen-bond donors (Lipinski definition) is 4. The molecule has 1 aliphatic heterocycles. The van der Waals surface area contributed by atoms with Gasteiger partial charge in [-0.15, -0.1) is 0 Å². The first kappa shape index (κ1) is 15.2. The molecule has 2 saturated carbocycles. The Hall–Kier alpha value is -2.65. The van der Waals surface area contributed by atoms with Crippen LogP contribution in [0.15, 0.2) is 0 Å². The molecule has 0 radical (unpaired) electrons. The number of primary amides is 1. The van der Waals surface area contributed by atoms with Crippen LogP contribution < -0.4 is 21.7 Å². The lowest BCUT2D eigenvalue weighted by atomic mass is 9.80. The number of nitrogens with one attached hydrogen (secondary N) is 3. The molecule has 3 fully saturated rings. The molecule has 0 aromatic carbocycles. The summed E-state index contributed by atoms with van der Waals surface area (Å²) in [5, 5.41) is 6.91. The SMILES string of the molecule is [2H]C([2H])([2H])C1(C([2H])([2H])[2H])[C@@H]2[C@@H](C(=O)NC(CC3CCC3)C(=O)C(N)=O)N(C(=O)[C@H](CC(C([2H])([2H])[2H])(C([2H])([2H])[2H])C([2H])([2H])[2H])NC(=O)NC(C)(C)C)C[C@@H]21. The number of fused-ring (bicyclic) bond motifs is 1. The van der Waals surface area contributed by atoms with E-state index in [1.54, 1.807) is 0 Å². The van der Waals surface area contributed by atoms with E-state index < -0.39 is 123 Å². The van der Waals surface area contributed by atoms with Crippen molar-refractivity contribution in [1.29, 1.82) is 0 Å². The van der Waals surface area contributed by atoms with Crippen molar-refractivity contribution in [3.05, 3.63) is 0 Å². The molecule has 0 aromatic heterocycles. The molecule has 5 N–H and O–H groups in total. The van der Waals surface area contributed by atoms with E-state index in [1.165, 1.54) is 20.8 Å². The summed E-state index contributed by atoms with van der Waals surface area (Å²) in [5.41, 5.74) is -2.01. The molecule has 0 spiro atoms. The largest absolute Gasteiger partial charge is 0.363 e. The smallest absolute Gasteiger partial charge is 0.315 e. The molecule has 1 unspecified atom stereocenters. The van der Waals surface area contributed by atoms with Crippen molar-refractivity contribution in [3.63, 3.8) is 0 Å². The van der Waals surface area contributed by atoms with Gasteiger partial charge in [-0.05, 0) is 62.2 Å². The van der Waals surface area contributed by atoms with Gasteiger partial charge in [0, 0.05) is 32.6 Å². The van der Waals surface area contributed by atoms with E-state index in [-0.39, 0.29) is 12.3 Å². The fourth-order valence-corrected chi connectivity index (χ4v) is 5.23. The van der Waals surface area contributed by atoms with E-state index in [4.69, 9.17) is 26.3 Å². The second kappa shape index (κ2) is 10.5. The molecule has 1 heterocycles. The molecule has 10 nitrogen and oxygen atoms in total. The van der Waals surface area contributed by atoms with Crippen molar-refractivity contribution >= 4 is 29.5 Å². The Morgan fingerprint density at radius 2 is 1.71 bits per heavy atom. The Morgan fingerprint density at radius 1 is 1.05 bits per heavy atom. The minimum absolute atomic E-state index is 0.0681. The zero-order valence-corrected chi connectivity index (χ0v) is 21.8. The van der Waals surface area contributed by atoms with E-state index in [2.05, 4.69) is 16.0 Å². The Bertz CT molecular complexity index is 1410. The van der Waals surface area contributed by atoms with Crippen molar-refractivity contribution < 1.29 is 44.5 Å². The summed E-state index contributed by atoms with van der Waals surface area (Å²) in [5.74, 6) is -8.55. The molecule has 3 aliphatic rings. The average Bonchev–Trinajstić information content (AvgIpc) is 3.42. The van der Waals surface area contributed by atoms with Crippen LogP contribution in [0.25, 0.3) is 0 Å². The molecule has 38 heavy (non-hydrogen) atoms. The lowest BCUT2D eigenvalue weighted by molar-refractivity contribution is -0.144. The molecular weight excluding hydrogens is 486 g/mol. The van der Waals surface area contributed by atoms with Crippen molar-refractivity contribution in [2.24, 2.45) is 34.3 Å². The van der Waals surface area contributed by atoms with Gasteiger partial charge in [-0.1, -0.05) is 53.5 Å². The number of likely N-dealkylation sites (tertiary alicyclic amines) is 1. The van der Waals surface area contributed by atoms with Crippen molar-refractivity contribution in [2.45, 2.75) is 111 Å². The van der Waals surface area contributed by atoms with Gasteiger partial charge in [-0.3, -0.25) is 19.2 Å². The molecule has 5 amide bonds. The fraction of sp³-hybridized carbons (Fsp3) is 0.821. The second-order valence-corrected chi connectivity index (χ2v) is 11.8. The van der Waals surface area contributed by atoms with Crippen LogP contribution in [0.4, 0.5) is 4.79 Å². The van der Waals surface area contributed by atoms with Crippen LogP contribution in [0.5, 0.6) is 0 Å². The highest BCUT2D eigenvalue weighted by molar-refractivity contribution is 6.37. The molecule has 214 valence electrons. The highest BCUT2D eigenvalue weighted by Crippen LogP contribution is 2.65. The Kier molecular flexibility index (Phi) is 4.20. The maximum atomic E-state index is 14.6. The van der Waals surface area contributed by atoms with Gasteiger partial charge >= 0.3 is 6.03 Å². The second-order valence-electron chi connectivity index (χ2n) is 11.8. The lowest BCUT2D eigenvalue weighted by Crippen LogP contribution is -2.60. The van der Waals surface area contributed by atoms with E-state index >= 15 is 0 Å². The van der Waals surface area contributed by atoms with Gasteiger partial charge < -0.3 is 26.6 Å². The third-order valence-electron chi connectivity index (χ3n) is 7.33. The molecular formula is C28H47N5O5. The highest BCUT2D eigenvalue weighted by Gasteiger charge is 2.69. The zero-order chi connectivity index (χ0) is 41.3. The summed E-state index contributed by atoms with van der Waals surface area (Å²) in [7, 11) is 0. The molecule has 3 rings (SSSR count). The van der Waals surface area contributed by atoms with Gasteiger partial charge in [0.05, 0.1) is 6.04 Å². The normalized spacial score (nSPS) is 33.4. The summed E-state index contributed by atoms with van der Waals surface area (Å²) in [6.07, 6.45) is 0.440. The number of ketones is 1. The number of carbonyl (C=O) groups is 5. The van der Waals surface area contributed by atoms with Gasteiger partial charge in [0.1, 0.15) is 12.1 Å². The maximum absolute atomic E-state index is 14.6. The quantitative estimate of drug-likeness (QED) is 0.325. The Morgan fingerprint density at radius 3 is 2.21 bits per heavy atom. The number of piperidine rings is 1. The fourth-order valence-electron chi connectivity index (χ4n) is 5.23. The van der Waals surface area contributed by atoms with E-state index in [0.29, 0.717) is 17.7 Å². The number of amides is 5. The van der Waals surface area contributed by atoms with Crippen LogP contribution in [-0.2, 0) is 19.2 Å². The first-order valence-electron chi connectivity index (χ1n) is 20.1. The summed E-state index contributed by atoms with van der Waals surface area (Å²) in [4.78, 5) is 67.4. The molecule has 0 bridgehead atoms. The minimum Gasteiger partial charge on any atom is -0.363 e. The minimum atomic E-state index is -3.82. The average molecular weight is 549 g/mol. The van der Waals surface area contributed by atoms with Crippen LogP contribution in [0.1, 0.15) is 108 Å².